The molecule has 0 amide bonds. The summed E-state index contributed by atoms with van der Waals surface area (Å²) in [5.74, 6) is 0. The highest BCUT2D eigenvalue weighted by Gasteiger charge is 2.33. The highest BCUT2D eigenvalue weighted by atomic mass is 32.2. The number of alkyl halides is 3. The minimum atomic E-state index is -4.25. The largest absolute Gasteiger partial charge is 0.431 e. The Bertz CT molecular complexity index is 277. The molecule has 1 aromatic rings. The van der Waals surface area contributed by atoms with E-state index < -0.39 is 11.9 Å². The van der Waals surface area contributed by atoms with Crippen molar-refractivity contribution in [2.45, 2.75) is 11.2 Å². The highest BCUT2D eigenvalue weighted by molar-refractivity contribution is 7.98. The first-order chi connectivity index (χ1) is 5.46. The molecule has 12 heavy (non-hydrogen) atoms. The van der Waals surface area contributed by atoms with Crippen LogP contribution in [0.4, 0.5) is 13.2 Å². The molecule has 0 fully saturated rings. The molecule has 0 bridgehead atoms. The summed E-state index contributed by atoms with van der Waals surface area (Å²) in [6.45, 7) is 0. The van der Waals surface area contributed by atoms with Crippen molar-refractivity contribution >= 4 is 11.8 Å². The van der Waals surface area contributed by atoms with Crippen molar-refractivity contribution in [1.82, 2.24) is 4.57 Å². The average molecular weight is 195 g/mol. The van der Waals surface area contributed by atoms with Crippen LogP contribution < -0.4 is 0 Å². The minimum absolute atomic E-state index is 0.605. The van der Waals surface area contributed by atoms with E-state index >= 15 is 0 Å². The van der Waals surface area contributed by atoms with E-state index in [9.17, 15) is 13.2 Å². The summed E-state index contributed by atoms with van der Waals surface area (Å²) in [6, 6.07) is 2.55. The molecule has 0 unspecified atom stereocenters. The van der Waals surface area contributed by atoms with Gasteiger partial charge < -0.3 is 4.57 Å². The molecule has 0 atom stereocenters. The van der Waals surface area contributed by atoms with Gasteiger partial charge in [0.05, 0.1) is 5.03 Å². The number of nitrogens with zero attached hydrogens (tertiary/aromatic N) is 1. The molecule has 0 radical (unpaired) electrons. The zero-order chi connectivity index (χ0) is 9.35. The zero-order valence-corrected chi connectivity index (χ0v) is 7.46. The average Bonchev–Trinajstić information content (AvgIpc) is 2.29. The first-order valence-electron chi connectivity index (χ1n) is 3.23. The normalized spacial score (nSPS) is 12.1. The van der Waals surface area contributed by atoms with E-state index in [1.807, 2.05) is 0 Å². The lowest BCUT2D eigenvalue weighted by Crippen LogP contribution is -2.10. The molecule has 0 aliphatic heterocycles. The molecular formula is C7H8F3NS. The number of hydrogen-bond donors (Lipinski definition) is 0. The van der Waals surface area contributed by atoms with Crippen LogP contribution in [0.25, 0.3) is 0 Å². The first kappa shape index (κ1) is 9.51. The lowest BCUT2D eigenvalue weighted by molar-refractivity contribution is -0.143. The topological polar surface area (TPSA) is 4.93 Å². The van der Waals surface area contributed by atoms with E-state index in [-0.39, 0.29) is 0 Å². The summed E-state index contributed by atoms with van der Waals surface area (Å²) >= 11 is 1.30. The van der Waals surface area contributed by atoms with Crippen molar-refractivity contribution in [1.29, 1.82) is 0 Å². The third-order valence-corrected chi connectivity index (χ3v) is 2.40. The first-order valence-corrected chi connectivity index (χ1v) is 4.46. The summed E-state index contributed by atoms with van der Waals surface area (Å²) in [5.41, 5.74) is -0.605. The van der Waals surface area contributed by atoms with E-state index in [1.54, 1.807) is 6.26 Å². The number of hydrogen-bond acceptors (Lipinski definition) is 1. The van der Waals surface area contributed by atoms with E-state index in [1.165, 1.54) is 24.9 Å². The van der Waals surface area contributed by atoms with E-state index in [0.29, 0.717) is 5.03 Å². The molecule has 0 aliphatic rings. The van der Waals surface area contributed by atoms with Gasteiger partial charge in [0.25, 0.3) is 0 Å². The quantitative estimate of drug-likeness (QED) is 0.624. The second-order valence-corrected chi connectivity index (χ2v) is 3.14. The van der Waals surface area contributed by atoms with Crippen LogP contribution in [0.1, 0.15) is 5.69 Å². The van der Waals surface area contributed by atoms with Gasteiger partial charge in [-0.15, -0.1) is 11.8 Å². The Hall–Kier alpha value is -0.580. The Labute approximate surface area is 72.6 Å². The summed E-state index contributed by atoms with van der Waals surface area (Å²) < 4.78 is 37.6. The molecule has 1 aromatic heterocycles. The summed E-state index contributed by atoms with van der Waals surface area (Å²) in [5, 5.41) is 0.613. The van der Waals surface area contributed by atoms with Crippen molar-refractivity contribution in [3.05, 3.63) is 17.8 Å². The maximum Gasteiger partial charge on any atom is 0.431 e. The number of aromatic nitrogens is 1. The van der Waals surface area contributed by atoms with Crippen molar-refractivity contribution in [2.24, 2.45) is 7.05 Å². The standard InChI is InChI=1S/C7H8F3NS/c1-11-5(7(8,9)10)3-4-6(11)12-2/h3-4H,1-2H3. The number of thioether (sulfide) groups is 1. The molecule has 0 spiro atoms. The monoisotopic (exact) mass is 195 g/mol. The van der Waals surface area contributed by atoms with Crippen LogP contribution in [0.2, 0.25) is 0 Å². The lowest BCUT2D eigenvalue weighted by atomic mass is 10.4. The van der Waals surface area contributed by atoms with Crippen molar-refractivity contribution < 1.29 is 13.2 Å². The van der Waals surface area contributed by atoms with Gasteiger partial charge in [-0.2, -0.15) is 13.2 Å². The fourth-order valence-corrected chi connectivity index (χ4v) is 1.56. The predicted octanol–water partition coefficient (Wildman–Crippen LogP) is 2.77. The second-order valence-electron chi connectivity index (χ2n) is 2.32. The Kier molecular flexibility index (Phi) is 2.41. The zero-order valence-electron chi connectivity index (χ0n) is 6.64. The molecule has 0 saturated heterocycles. The Morgan fingerprint density at radius 3 is 2.17 bits per heavy atom. The maximum absolute atomic E-state index is 12.2. The SMILES string of the molecule is CSc1ccc(C(F)(F)F)n1C. The third-order valence-electron chi connectivity index (χ3n) is 1.58. The Morgan fingerprint density at radius 2 is 1.92 bits per heavy atom. The molecule has 0 aromatic carbocycles. The smallest absolute Gasteiger partial charge is 0.335 e. The second kappa shape index (κ2) is 3.05. The molecule has 0 saturated carbocycles. The molecular weight excluding hydrogens is 187 g/mol. The van der Waals surface area contributed by atoms with Crippen LogP contribution in [-0.2, 0) is 13.2 Å². The fourth-order valence-electron chi connectivity index (χ4n) is 0.982. The van der Waals surface area contributed by atoms with Gasteiger partial charge in [0, 0.05) is 7.05 Å². The van der Waals surface area contributed by atoms with Crippen LogP contribution >= 0.6 is 11.8 Å². The molecule has 1 nitrogen and oxygen atoms in total. The van der Waals surface area contributed by atoms with Gasteiger partial charge >= 0.3 is 6.18 Å². The fraction of sp³-hybridized carbons (Fsp3) is 0.429. The minimum Gasteiger partial charge on any atom is -0.335 e. The van der Waals surface area contributed by atoms with Crippen LogP contribution in [0.15, 0.2) is 17.2 Å². The molecule has 68 valence electrons. The van der Waals surface area contributed by atoms with Crippen LogP contribution in [0.3, 0.4) is 0 Å². The van der Waals surface area contributed by atoms with Crippen LogP contribution in [-0.4, -0.2) is 10.8 Å². The maximum atomic E-state index is 12.2. The van der Waals surface area contributed by atoms with E-state index in [0.717, 1.165) is 10.6 Å². The lowest BCUT2D eigenvalue weighted by Gasteiger charge is -2.08. The van der Waals surface area contributed by atoms with E-state index in [4.69, 9.17) is 0 Å². The van der Waals surface area contributed by atoms with Crippen LogP contribution in [0, 0.1) is 0 Å². The van der Waals surface area contributed by atoms with Gasteiger partial charge in [-0.3, -0.25) is 0 Å². The van der Waals surface area contributed by atoms with E-state index in [2.05, 4.69) is 0 Å². The number of rotatable bonds is 1. The van der Waals surface area contributed by atoms with Gasteiger partial charge in [0.1, 0.15) is 5.69 Å². The Morgan fingerprint density at radius 1 is 1.33 bits per heavy atom. The summed E-state index contributed by atoms with van der Waals surface area (Å²) in [4.78, 5) is 0. The molecule has 0 aliphatic carbocycles. The van der Waals surface area contributed by atoms with Gasteiger partial charge in [-0.05, 0) is 18.4 Å². The highest BCUT2D eigenvalue weighted by Crippen LogP contribution is 2.32. The predicted molar refractivity (Wildman–Crippen MR) is 42.2 cm³/mol. The number of halogens is 3. The van der Waals surface area contributed by atoms with Crippen LogP contribution in [0.5, 0.6) is 0 Å². The molecule has 5 heteroatoms. The van der Waals surface area contributed by atoms with Crippen molar-refractivity contribution in [3.63, 3.8) is 0 Å². The summed E-state index contributed by atoms with van der Waals surface area (Å²) in [6.07, 6.45) is -2.50. The Balaban J connectivity index is 3.11. The summed E-state index contributed by atoms with van der Waals surface area (Å²) in [7, 11) is 1.41. The van der Waals surface area contributed by atoms with Gasteiger partial charge in [0.2, 0.25) is 0 Å². The molecule has 0 N–H and O–H groups in total. The third kappa shape index (κ3) is 1.60. The molecule has 1 rings (SSSR count). The van der Waals surface area contributed by atoms with Gasteiger partial charge in [0.15, 0.2) is 0 Å². The molecule has 1 heterocycles. The van der Waals surface area contributed by atoms with Gasteiger partial charge in [-0.25, -0.2) is 0 Å². The van der Waals surface area contributed by atoms with Gasteiger partial charge in [-0.1, -0.05) is 0 Å². The van der Waals surface area contributed by atoms with Crippen molar-refractivity contribution in [2.75, 3.05) is 6.26 Å². The van der Waals surface area contributed by atoms with Crippen molar-refractivity contribution in [3.8, 4) is 0 Å².